The first-order valence-electron chi connectivity index (χ1n) is 13.5. The Balaban J connectivity index is 1.39. The zero-order valence-corrected chi connectivity index (χ0v) is 23.8. The number of hydrogen-bond acceptors (Lipinski definition) is 11. The second-order valence-corrected chi connectivity index (χ2v) is 10.2. The molecule has 2 aromatic heterocycles. The summed E-state index contributed by atoms with van der Waals surface area (Å²) in [4.78, 5) is 50.8. The van der Waals surface area contributed by atoms with Crippen LogP contribution in [0.4, 0.5) is 5.95 Å². The molecule has 4 atom stereocenters. The van der Waals surface area contributed by atoms with Crippen molar-refractivity contribution >= 4 is 47.2 Å². The van der Waals surface area contributed by atoms with E-state index in [1.54, 1.807) is 91.0 Å². The summed E-state index contributed by atoms with van der Waals surface area (Å²) in [5.74, 6) is -1.96. The van der Waals surface area contributed by atoms with Crippen LogP contribution in [0.1, 0.15) is 37.3 Å². The lowest BCUT2D eigenvalue weighted by Crippen LogP contribution is -2.41. The molecule has 0 radical (unpaired) electrons. The van der Waals surface area contributed by atoms with Crippen LogP contribution in [-0.4, -0.2) is 62.3 Å². The maximum atomic E-state index is 13.4. The Morgan fingerprint density at radius 1 is 0.818 bits per heavy atom. The predicted molar refractivity (Wildman–Crippen MR) is 159 cm³/mol. The van der Waals surface area contributed by atoms with Gasteiger partial charge in [-0.15, -0.1) is 0 Å². The molecule has 0 saturated carbocycles. The van der Waals surface area contributed by atoms with Crippen molar-refractivity contribution in [3.63, 3.8) is 0 Å². The minimum atomic E-state index is -1.23. The van der Waals surface area contributed by atoms with Crippen LogP contribution in [0.2, 0.25) is 0 Å². The van der Waals surface area contributed by atoms with Gasteiger partial charge < -0.3 is 29.7 Å². The maximum Gasteiger partial charge on any atom is 0.338 e. The number of anilines is 1. The number of nitrogens with zero attached hydrogens (tertiary/aromatic N) is 3. The molecular weight excluding hydrogens is 586 g/mol. The monoisotopic (exact) mass is 611 g/mol. The van der Waals surface area contributed by atoms with Crippen molar-refractivity contribution in [3.8, 4) is 0 Å². The van der Waals surface area contributed by atoms with Crippen molar-refractivity contribution in [2.45, 2.75) is 24.5 Å². The van der Waals surface area contributed by atoms with E-state index in [0.29, 0.717) is 16.7 Å². The number of esters is 3. The molecule has 6 rings (SSSR count). The Kier molecular flexibility index (Phi) is 8.12. The largest absolute Gasteiger partial charge is 0.459 e. The number of fused-ring (bicyclic) bond motifs is 1. The van der Waals surface area contributed by atoms with Crippen LogP contribution in [0.5, 0.6) is 0 Å². The smallest absolute Gasteiger partial charge is 0.338 e. The third-order valence-electron chi connectivity index (χ3n) is 6.92. The van der Waals surface area contributed by atoms with E-state index in [0.717, 1.165) is 0 Å². The van der Waals surface area contributed by atoms with E-state index < -0.39 is 42.4 Å². The van der Waals surface area contributed by atoms with Crippen LogP contribution < -0.4 is 5.73 Å². The molecule has 44 heavy (non-hydrogen) atoms. The predicted octanol–water partition coefficient (Wildman–Crippen LogP) is 4.28. The average molecular weight is 612 g/mol. The van der Waals surface area contributed by atoms with Gasteiger partial charge in [0, 0.05) is 0 Å². The lowest BCUT2D eigenvalue weighted by atomic mass is 10.1. The van der Waals surface area contributed by atoms with Crippen LogP contribution in [-0.2, 0) is 18.9 Å². The molecule has 3 aromatic carbocycles. The molecule has 0 aliphatic carbocycles. The number of H-pyrrole nitrogens is 1. The van der Waals surface area contributed by atoms with Gasteiger partial charge in [-0.2, -0.15) is 0 Å². The summed E-state index contributed by atoms with van der Waals surface area (Å²) in [6.45, 7) is -0.331. The van der Waals surface area contributed by atoms with Crippen LogP contribution in [0, 0.1) is 4.64 Å². The van der Waals surface area contributed by atoms with Gasteiger partial charge in [-0.05, 0) is 36.4 Å². The van der Waals surface area contributed by atoms with Gasteiger partial charge in [0.1, 0.15) is 23.9 Å². The minimum Gasteiger partial charge on any atom is -0.459 e. The van der Waals surface area contributed by atoms with Crippen molar-refractivity contribution in [2.75, 3.05) is 12.3 Å². The van der Waals surface area contributed by atoms with Gasteiger partial charge in [-0.3, -0.25) is 4.57 Å². The Morgan fingerprint density at radius 3 is 1.91 bits per heavy atom. The van der Waals surface area contributed by atoms with Crippen molar-refractivity contribution in [1.82, 2.24) is 19.5 Å². The highest BCUT2D eigenvalue weighted by atomic mass is 32.1. The Morgan fingerprint density at radius 2 is 1.34 bits per heavy atom. The summed E-state index contributed by atoms with van der Waals surface area (Å²) in [7, 11) is 0. The fourth-order valence-electron chi connectivity index (χ4n) is 4.83. The molecule has 5 aromatic rings. The molecule has 0 bridgehead atoms. The molecular formula is C31H25N5O7S. The molecule has 1 aliphatic rings. The van der Waals surface area contributed by atoms with Crippen LogP contribution in [0.3, 0.4) is 0 Å². The number of carbonyl (C=O) groups excluding carboxylic acids is 3. The Bertz CT molecular complexity index is 1860. The van der Waals surface area contributed by atoms with Crippen molar-refractivity contribution < 1.29 is 33.3 Å². The first kappa shape index (κ1) is 28.7. The highest BCUT2D eigenvalue weighted by molar-refractivity contribution is 7.71. The van der Waals surface area contributed by atoms with Crippen LogP contribution >= 0.6 is 12.2 Å². The molecule has 0 spiro atoms. The number of carbonyl (C=O) groups is 3. The second-order valence-electron chi connectivity index (χ2n) is 9.78. The van der Waals surface area contributed by atoms with Crippen molar-refractivity contribution in [3.05, 3.63) is 119 Å². The van der Waals surface area contributed by atoms with E-state index in [1.807, 2.05) is 0 Å². The van der Waals surface area contributed by atoms with Gasteiger partial charge in [0.05, 0.1) is 23.0 Å². The van der Waals surface area contributed by atoms with E-state index >= 15 is 0 Å². The maximum absolute atomic E-state index is 13.4. The summed E-state index contributed by atoms with van der Waals surface area (Å²) in [5.41, 5.74) is 7.45. The third-order valence-corrected chi connectivity index (χ3v) is 7.20. The molecule has 1 saturated heterocycles. The Hall–Kier alpha value is -5.40. The number of aromatic nitrogens is 4. The van der Waals surface area contributed by atoms with E-state index in [2.05, 4.69) is 15.0 Å². The molecule has 13 heteroatoms. The first-order valence-corrected chi connectivity index (χ1v) is 13.9. The summed E-state index contributed by atoms with van der Waals surface area (Å²) < 4.78 is 25.6. The molecule has 4 unspecified atom stereocenters. The highest BCUT2D eigenvalue weighted by Gasteiger charge is 2.51. The fourth-order valence-corrected chi connectivity index (χ4v) is 5.07. The average Bonchev–Trinajstić information content (AvgIpc) is 3.62. The van der Waals surface area contributed by atoms with E-state index in [-0.39, 0.29) is 28.3 Å². The number of rotatable bonds is 8. The SMILES string of the molecule is Nc1nc(=S)c2ncn(C3OC(COC(=O)c4ccccc4)C(OC(=O)c4ccccc4)C3OC(=O)c3ccccc3)c2[nH]1. The molecule has 3 heterocycles. The van der Waals surface area contributed by atoms with Crippen LogP contribution in [0.25, 0.3) is 11.2 Å². The third kappa shape index (κ3) is 5.91. The number of ether oxygens (including phenoxy) is 4. The molecule has 1 aliphatic heterocycles. The van der Waals surface area contributed by atoms with Gasteiger partial charge in [0.25, 0.3) is 0 Å². The molecule has 1 fully saturated rings. The Labute approximate surface area is 255 Å². The van der Waals surface area contributed by atoms with E-state index in [4.69, 9.17) is 36.9 Å². The summed E-state index contributed by atoms with van der Waals surface area (Å²) in [6, 6.07) is 25.0. The van der Waals surface area contributed by atoms with Crippen molar-refractivity contribution in [2.24, 2.45) is 0 Å². The standard InChI is InChI=1S/C31H25N5O7S/c32-31-34-25-22(26(44)35-31)33-17-36(25)27-24(43-30(39)20-14-8-3-9-15-20)23(42-29(38)19-12-6-2-7-13-19)21(41-27)16-40-28(37)18-10-4-1-5-11-18/h1-15,17,21,23-24,27H,16H2,(H3,32,34,35,44). The van der Waals surface area contributed by atoms with Gasteiger partial charge in [0.2, 0.25) is 0 Å². The number of benzene rings is 3. The lowest BCUT2D eigenvalue weighted by Gasteiger charge is -2.25. The van der Waals surface area contributed by atoms with Gasteiger partial charge in [-0.1, -0.05) is 66.8 Å². The van der Waals surface area contributed by atoms with Crippen molar-refractivity contribution in [1.29, 1.82) is 0 Å². The number of nitrogens with one attached hydrogen (secondary N) is 1. The zero-order valence-electron chi connectivity index (χ0n) is 22.9. The molecule has 3 N–H and O–H groups in total. The normalized spacial score (nSPS) is 19.4. The summed E-state index contributed by atoms with van der Waals surface area (Å²) in [5, 5.41) is 0. The molecule has 0 amide bonds. The minimum absolute atomic E-state index is 0.0282. The summed E-state index contributed by atoms with van der Waals surface area (Å²) in [6.07, 6.45) is -3.21. The number of nitrogens with two attached hydrogens (primary N) is 1. The first-order chi connectivity index (χ1) is 21.4. The van der Waals surface area contributed by atoms with E-state index in [9.17, 15) is 14.4 Å². The molecule has 222 valence electrons. The topological polar surface area (TPSA) is 161 Å². The van der Waals surface area contributed by atoms with Gasteiger partial charge >= 0.3 is 17.9 Å². The summed E-state index contributed by atoms with van der Waals surface area (Å²) >= 11 is 5.33. The zero-order chi connectivity index (χ0) is 30.6. The lowest BCUT2D eigenvalue weighted by molar-refractivity contribution is -0.0606. The highest BCUT2D eigenvalue weighted by Crippen LogP contribution is 2.37. The van der Waals surface area contributed by atoms with Gasteiger partial charge in [-0.25, -0.2) is 24.4 Å². The number of imidazole rings is 1. The number of hydrogen-bond donors (Lipinski definition) is 2. The fraction of sp³-hybridized carbons (Fsp3) is 0.161. The van der Waals surface area contributed by atoms with E-state index in [1.165, 1.54) is 10.9 Å². The molecule has 12 nitrogen and oxygen atoms in total. The quantitative estimate of drug-likeness (QED) is 0.146. The number of nitrogen functional groups attached to an aromatic ring is 1. The second kappa shape index (κ2) is 12.5. The van der Waals surface area contributed by atoms with Crippen LogP contribution in [0.15, 0.2) is 97.3 Å². The number of aromatic amines is 1. The van der Waals surface area contributed by atoms with Gasteiger partial charge in [0.15, 0.2) is 29.0 Å².